The average Bonchev–Trinajstić information content (AvgIpc) is 3.04. The fraction of sp³-hybridized carbons (Fsp3) is 0.710. The molecule has 0 aromatic rings. The molecule has 1 aliphatic heterocycles. The molecule has 17 heteroatoms. The number of ketones is 2. The number of carbonyl (C=O) groups is 7. The lowest BCUT2D eigenvalue weighted by molar-refractivity contribution is -0.140. The number of nitrogens with zero attached hydrogens (tertiary/aromatic N) is 2. The van der Waals surface area contributed by atoms with E-state index in [0.717, 1.165) is 11.8 Å². The van der Waals surface area contributed by atoms with Gasteiger partial charge >= 0.3 is 5.97 Å². The van der Waals surface area contributed by atoms with Gasteiger partial charge in [-0.25, -0.2) is 10.2 Å². The van der Waals surface area contributed by atoms with Crippen LogP contribution in [0.1, 0.15) is 74.7 Å². The van der Waals surface area contributed by atoms with Crippen molar-refractivity contribution in [2.75, 3.05) is 11.5 Å². The Bertz CT molecular complexity index is 1240. The summed E-state index contributed by atoms with van der Waals surface area (Å²) in [6.07, 6.45) is 2.55. The van der Waals surface area contributed by atoms with Crippen molar-refractivity contribution in [3.8, 4) is 0 Å². The number of Topliss-reactive ketones (excluding diaryl/α,β-unsaturated/α-hetero) is 2. The number of allylic oxidation sites excluding steroid dienone is 1. The largest absolute Gasteiger partial charge is 0.480 e. The molecule has 0 saturated heterocycles. The van der Waals surface area contributed by atoms with Crippen molar-refractivity contribution < 1.29 is 38.7 Å². The Hall–Kier alpha value is -3.70. The summed E-state index contributed by atoms with van der Waals surface area (Å²) in [5.74, 6) is -1.53. The van der Waals surface area contributed by atoms with Gasteiger partial charge in [0.2, 0.25) is 29.3 Å². The molecule has 0 aromatic carbocycles. The van der Waals surface area contributed by atoms with E-state index in [4.69, 9.17) is 5.84 Å². The van der Waals surface area contributed by atoms with Crippen LogP contribution >= 0.6 is 11.8 Å². The number of carboxylic acid groups (broad SMARTS) is 1. The maximum absolute atomic E-state index is 13.7. The van der Waals surface area contributed by atoms with Gasteiger partial charge in [0.25, 0.3) is 5.91 Å². The second-order valence-electron chi connectivity index (χ2n) is 12.3. The van der Waals surface area contributed by atoms with Gasteiger partial charge in [0.05, 0.1) is 6.04 Å². The van der Waals surface area contributed by atoms with Crippen LogP contribution < -0.4 is 32.5 Å². The average molecular weight is 697 g/mol. The van der Waals surface area contributed by atoms with E-state index < -0.39 is 83.3 Å². The van der Waals surface area contributed by atoms with Crippen LogP contribution in [0.4, 0.5) is 0 Å². The zero-order valence-electron chi connectivity index (χ0n) is 29.0. The van der Waals surface area contributed by atoms with E-state index in [-0.39, 0.29) is 35.5 Å². The second-order valence-corrected chi connectivity index (χ2v) is 13.4. The molecule has 16 nitrogen and oxygen atoms in total. The number of nitrogens with two attached hydrogens (primary N) is 1. The number of hydrazine groups is 1. The summed E-state index contributed by atoms with van der Waals surface area (Å²) < 4.78 is 0. The molecule has 0 aliphatic carbocycles. The van der Waals surface area contributed by atoms with Crippen molar-refractivity contribution in [3.63, 3.8) is 0 Å². The molecule has 0 spiro atoms. The summed E-state index contributed by atoms with van der Waals surface area (Å²) >= 11 is 0.965. The van der Waals surface area contributed by atoms with E-state index in [1.54, 1.807) is 27.7 Å². The molecule has 5 unspecified atom stereocenters. The lowest BCUT2D eigenvalue weighted by atomic mass is 9.95. The third-order valence-corrected chi connectivity index (χ3v) is 9.18. The van der Waals surface area contributed by atoms with Crippen LogP contribution in [0.3, 0.4) is 0 Å². The monoisotopic (exact) mass is 696 g/mol. The van der Waals surface area contributed by atoms with Crippen LogP contribution in [0.5, 0.6) is 0 Å². The SMILES string of the molecule is CC=C(NC(=O)[C@@H](NN)[C@H](C)CC)C(=O)NC1CSCC(C(=O)O)N=N[C@@H](CC(C)C)C(=O)C(=O)C(C)NC(=O)C(C(C)CC)NC1=O. The van der Waals surface area contributed by atoms with Crippen molar-refractivity contribution in [2.24, 2.45) is 33.8 Å². The normalized spacial score (nSPS) is 25.5. The minimum atomic E-state index is -1.43. The first-order valence-corrected chi connectivity index (χ1v) is 17.3. The molecular formula is C31H52N8O8S. The number of nitrogens with one attached hydrogen (secondary N) is 5. The zero-order valence-corrected chi connectivity index (χ0v) is 29.8. The predicted octanol–water partition coefficient (Wildman–Crippen LogP) is 0.610. The van der Waals surface area contributed by atoms with Crippen LogP contribution in [0, 0.1) is 17.8 Å². The number of carbonyl (C=O) groups excluding carboxylic acids is 6. The summed E-state index contributed by atoms with van der Waals surface area (Å²) in [7, 11) is 0. The molecule has 8 atom stereocenters. The van der Waals surface area contributed by atoms with Crippen LogP contribution in [0.25, 0.3) is 0 Å². The lowest BCUT2D eigenvalue weighted by Gasteiger charge is -2.28. The molecule has 1 heterocycles. The topological polar surface area (TPSA) is 251 Å². The second kappa shape index (κ2) is 20.6. The Morgan fingerprint density at radius 3 is 2.17 bits per heavy atom. The summed E-state index contributed by atoms with van der Waals surface area (Å²) in [6.45, 7) is 13.7. The number of thioether (sulfide) groups is 1. The standard InChI is InChI=1S/C31H52N8O8S/c1-9-16(6)23-29(44)33-18(8)25(40)26(41)20(12-15(4)5)38-39-22(31(46)47)14-48-13-21(28(43)36-23)35-27(42)19(11-3)34-30(45)24(37-32)17(7)10-2/h11,15-18,20-24,37H,9-10,12-14,32H2,1-8H3,(H,33,44)(H,34,45)(H,35,42)(H,36,43)(H,46,47)/t16?,17-,18?,20+,21?,22?,23?,24+/m1/s1. The molecule has 8 N–H and O–H groups in total. The van der Waals surface area contributed by atoms with Gasteiger partial charge in [-0.2, -0.15) is 22.0 Å². The van der Waals surface area contributed by atoms with E-state index in [2.05, 4.69) is 36.9 Å². The van der Waals surface area contributed by atoms with Crippen molar-refractivity contribution in [2.45, 2.75) is 111 Å². The van der Waals surface area contributed by atoms with E-state index in [1.807, 2.05) is 13.8 Å². The predicted molar refractivity (Wildman–Crippen MR) is 180 cm³/mol. The van der Waals surface area contributed by atoms with E-state index in [9.17, 15) is 38.7 Å². The summed E-state index contributed by atoms with van der Waals surface area (Å²) in [5.41, 5.74) is 2.29. The van der Waals surface area contributed by atoms with Gasteiger partial charge in [-0.05, 0) is 38.0 Å². The highest BCUT2D eigenvalue weighted by molar-refractivity contribution is 7.99. The minimum Gasteiger partial charge on any atom is -0.480 e. The van der Waals surface area contributed by atoms with Crippen LogP contribution in [0.15, 0.2) is 22.0 Å². The van der Waals surface area contributed by atoms with E-state index in [1.165, 1.54) is 19.9 Å². The number of rotatable bonds is 12. The molecule has 270 valence electrons. The maximum Gasteiger partial charge on any atom is 0.331 e. The third-order valence-electron chi connectivity index (χ3n) is 8.06. The molecular weight excluding hydrogens is 644 g/mol. The molecule has 0 bridgehead atoms. The van der Waals surface area contributed by atoms with Crippen LogP contribution in [-0.4, -0.2) is 94.0 Å². The highest BCUT2D eigenvalue weighted by Crippen LogP contribution is 2.17. The molecule has 0 aromatic heterocycles. The van der Waals surface area contributed by atoms with Gasteiger partial charge in [0.15, 0.2) is 6.04 Å². The van der Waals surface area contributed by atoms with Gasteiger partial charge in [-0.15, -0.1) is 0 Å². The van der Waals surface area contributed by atoms with Crippen molar-refractivity contribution in [1.29, 1.82) is 0 Å². The van der Waals surface area contributed by atoms with Crippen molar-refractivity contribution in [3.05, 3.63) is 11.8 Å². The van der Waals surface area contributed by atoms with Gasteiger partial charge in [0.1, 0.15) is 29.9 Å². The van der Waals surface area contributed by atoms with Gasteiger partial charge in [-0.1, -0.05) is 60.5 Å². The Morgan fingerprint density at radius 2 is 1.65 bits per heavy atom. The highest BCUT2D eigenvalue weighted by atomic mass is 32.2. The van der Waals surface area contributed by atoms with E-state index >= 15 is 0 Å². The fourth-order valence-electron chi connectivity index (χ4n) is 4.59. The first kappa shape index (κ1) is 42.3. The fourth-order valence-corrected chi connectivity index (χ4v) is 5.63. The lowest BCUT2D eigenvalue weighted by Crippen LogP contribution is -2.59. The molecule has 1 rings (SSSR count). The Morgan fingerprint density at radius 1 is 1.00 bits per heavy atom. The van der Waals surface area contributed by atoms with Crippen LogP contribution in [-0.2, 0) is 33.6 Å². The number of azo groups is 1. The quantitative estimate of drug-likeness (QED) is 0.0644. The molecule has 48 heavy (non-hydrogen) atoms. The van der Waals surface area contributed by atoms with Gasteiger partial charge in [-0.3, -0.25) is 34.6 Å². The molecule has 4 amide bonds. The number of hydrogen-bond acceptors (Lipinski definition) is 12. The molecule has 0 saturated carbocycles. The zero-order chi connectivity index (χ0) is 36.7. The molecule has 0 fully saturated rings. The van der Waals surface area contributed by atoms with Crippen molar-refractivity contribution in [1.82, 2.24) is 26.7 Å². The minimum absolute atomic E-state index is 0.0902. The number of aliphatic carboxylic acids is 1. The number of amides is 4. The summed E-state index contributed by atoms with van der Waals surface area (Å²) in [6, 6.07) is -7.23. The van der Waals surface area contributed by atoms with Crippen LogP contribution in [0.2, 0.25) is 0 Å². The van der Waals surface area contributed by atoms with Crippen molar-refractivity contribution >= 4 is 52.9 Å². The summed E-state index contributed by atoms with van der Waals surface area (Å²) in [4.78, 5) is 91.6. The van der Waals surface area contributed by atoms with Gasteiger partial charge < -0.3 is 26.4 Å². The molecule has 0 radical (unpaired) electrons. The molecule has 1 aliphatic rings. The smallest absolute Gasteiger partial charge is 0.331 e. The number of carboxylic acids is 1. The number of hydrogen-bond donors (Lipinski definition) is 7. The summed E-state index contributed by atoms with van der Waals surface area (Å²) in [5, 5.41) is 27.9. The maximum atomic E-state index is 13.7. The first-order valence-electron chi connectivity index (χ1n) is 16.2. The first-order chi connectivity index (χ1) is 22.5. The van der Waals surface area contributed by atoms with E-state index in [0.29, 0.717) is 12.8 Å². The van der Waals surface area contributed by atoms with Gasteiger partial charge in [0, 0.05) is 11.5 Å². The Balaban J connectivity index is 3.52. The Labute approximate surface area is 286 Å². The Kier molecular flexibility index (Phi) is 18.2. The highest BCUT2D eigenvalue weighted by Gasteiger charge is 2.36. The third kappa shape index (κ3) is 12.7.